The van der Waals surface area contributed by atoms with Crippen molar-refractivity contribution in [2.24, 2.45) is 11.3 Å². The van der Waals surface area contributed by atoms with Gasteiger partial charge in [0.2, 0.25) is 0 Å². The summed E-state index contributed by atoms with van der Waals surface area (Å²) in [4.78, 5) is 0. The summed E-state index contributed by atoms with van der Waals surface area (Å²) in [7, 11) is -2.19. The molecule has 0 aromatic heterocycles. The number of allylic oxidation sites excluding steroid dienone is 1. The van der Waals surface area contributed by atoms with E-state index < -0.39 is 37.6 Å². The molecule has 234 valence electrons. The van der Waals surface area contributed by atoms with Gasteiger partial charge in [0, 0.05) is 37.3 Å². The van der Waals surface area contributed by atoms with E-state index in [9.17, 15) is 17.6 Å². The van der Waals surface area contributed by atoms with Gasteiger partial charge < -0.3 is 19.2 Å². The maximum Gasteiger partial charge on any atom is 0.419 e. The SMILES string of the molecule is CC(C)C1=C2C(=C3C(CC(C)(C)C[C@@H]3O[Si](C)(C)C(C)(C)C)N1)C1(CCOCC1)O[C@H]2c1ccc(C(F)(F)F)c(F)c1. The summed E-state index contributed by atoms with van der Waals surface area (Å²) in [5, 5.41) is 3.90. The van der Waals surface area contributed by atoms with E-state index in [0.29, 0.717) is 31.6 Å². The van der Waals surface area contributed by atoms with E-state index in [4.69, 9.17) is 13.9 Å². The summed E-state index contributed by atoms with van der Waals surface area (Å²) >= 11 is 0. The van der Waals surface area contributed by atoms with Crippen LogP contribution in [-0.2, 0) is 20.1 Å². The highest BCUT2D eigenvalue weighted by Gasteiger charge is 2.57. The Labute approximate surface area is 249 Å². The third-order valence-electron chi connectivity index (χ3n) is 10.2. The van der Waals surface area contributed by atoms with Crippen LogP contribution in [0.5, 0.6) is 0 Å². The average Bonchev–Trinajstić information content (AvgIpc) is 3.15. The third kappa shape index (κ3) is 5.52. The molecule has 3 fully saturated rings. The first kappa shape index (κ1) is 31.7. The van der Waals surface area contributed by atoms with Crippen LogP contribution in [0, 0.1) is 17.2 Å². The molecular formula is C33H47F4NO3Si. The number of alkyl halides is 3. The molecule has 1 aromatic rings. The molecule has 0 bridgehead atoms. The second-order valence-corrected chi connectivity index (χ2v) is 20.0. The largest absolute Gasteiger partial charge is 0.419 e. The standard InChI is InChI=1S/C33H47F4NO3Si/c1-19(2)28-26-27(25-23(38-28)17-31(6,7)18-24(25)41-42(8,9)30(3,4)5)32(12-14-39-15-13-32)40-29(26)20-10-11-21(22(34)16-20)33(35,36)37/h10-11,16,19,23-24,29,38H,12-15,17-18H2,1-9H3/t23?,24-,29-/m0/s1. The Morgan fingerprint density at radius 1 is 1.05 bits per heavy atom. The van der Waals surface area contributed by atoms with Gasteiger partial charge in [0.1, 0.15) is 11.9 Å². The Morgan fingerprint density at radius 3 is 2.24 bits per heavy atom. The maximum absolute atomic E-state index is 15.0. The van der Waals surface area contributed by atoms with Gasteiger partial charge in [-0.1, -0.05) is 54.5 Å². The van der Waals surface area contributed by atoms with E-state index >= 15 is 0 Å². The van der Waals surface area contributed by atoms with E-state index in [1.807, 2.05) is 0 Å². The number of hydrogen-bond acceptors (Lipinski definition) is 4. The Bertz CT molecular complexity index is 1280. The Kier molecular flexibility index (Phi) is 7.90. The number of ether oxygens (including phenoxy) is 2. The fourth-order valence-electron chi connectivity index (χ4n) is 7.07. The molecule has 4 aliphatic rings. The van der Waals surface area contributed by atoms with Gasteiger partial charge in [-0.15, -0.1) is 0 Å². The van der Waals surface area contributed by atoms with Crippen molar-refractivity contribution in [2.75, 3.05) is 13.2 Å². The number of rotatable bonds is 4. The lowest BCUT2D eigenvalue weighted by Gasteiger charge is -2.51. The number of nitrogens with one attached hydrogen (secondary N) is 1. The molecule has 0 amide bonds. The topological polar surface area (TPSA) is 39.7 Å². The van der Waals surface area contributed by atoms with E-state index in [1.165, 1.54) is 11.6 Å². The highest BCUT2D eigenvalue weighted by molar-refractivity contribution is 6.74. The summed E-state index contributed by atoms with van der Waals surface area (Å²) in [5.74, 6) is -1.18. The summed E-state index contributed by atoms with van der Waals surface area (Å²) in [5.41, 5.74) is 2.81. The average molecular weight is 610 g/mol. The van der Waals surface area contributed by atoms with Crippen molar-refractivity contribution in [3.8, 4) is 0 Å². The summed E-state index contributed by atoms with van der Waals surface area (Å²) in [6.45, 7) is 21.2. The van der Waals surface area contributed by atoms with Crippen molar-refractivity contribution in [3.63, 3.8) is 0 Å². The zero-order valence-electron chi connectivity index (χ0n) is 26.5. The van der Waals surface area contributed by atoms with Gasteiger partial charge in [0.15, 0.2) is 8.32 Å². The fourth-order valence-corrected chi connectivity index (χ4v) is 8.34. The predicted octanol–water partition coefficient (Wildman–Crippen LogP) is 8.85. The first-order valence-electron chi connectivity index (χ1n) is 15.3. The first-order valence-corrected chi connectivity index (χ1v) is 18.2. The monoisotopic (exact) mass is 609 g/mol. The molecule has 2 saturated heterocycles. The quantitative estimate of drug-likeness (QED) is 0.274. The van der Waals surface area contributed by atoms with E-state index in [1.54, 1.807) is 0 Å². The lowest BCUT2D eigenvalue weighted by molar-refractivity contribution is -0.140. The number of halogens is 4. The molecule has 1 spiro atoms. The van der Waals surface area contributed by atoms with Gasteiger partial charge >= 0.3 is 6.18 Å². The molecule has 1 unspecified atom stereocenters. The van der Waals surface area contributed by atoms with Gasteiger partial charge in [0.05, 0.1) is 23.3 Å². The van der Waals surface area contributed by atoms with Crippen LogP contribution in [0.3, 0.4) is 0 Å². The highest BCUT2D eigenvalue weighted by Crippen LogP contribution is 2.59. The molecule has 0 radical (unpaired) electrons. The van der Waals surface area contributed by atoms with Crippen LogP contribution in [0.1, 0.15) is 91.4 Å². The van der Waals surface area contributed by atoms with Crippen LogP contribution < -0.4 is 5.32 Å². The lowest BCUT2D eigenvalue weighted by Crippen LogP contribution is -2.54. The molecule has 3 atom stereocenters. The molecule has 1 N–H and O–H groups in total. The zero-order chi connectivity index (χ0) is 31.0. The minimum Gasteiger partial charge on any atom is -0.410 e. The predicted molar refractivity (Wildman–Crippen MR) is 159 cm³/mol. The normalized spacial score (nSPS) is 27.8. The molecule has 3 heterocycles. The third-order valence-corrected chi connectivity index (χ3v) is 14.7. The molecule has 42 heavy (non-hydrogen) atoms. The van der Waals surface area contributed by atoms with Crippen LogP contribution in [0.4, 0.5) is 17.6 Å². The van der Waals surface area contributed by atoms with Crippen LogP contribution >= 0.6 is 0 Å². The number of benzene rings is 1. The van der Waals surface area contributed by atoms with E-state index in [2.05, 4.69) is 66.9 Å². The van der Waals surface area contributed by atoms with Crippen molar-refractivity contribution < 1.29 is 31.5 Å². The van der Waals surface area contributed by atoms with Gasteiger partial charge in [-0.05, 0) is 71.1 Å². The number of hydrogen-bond donors (Lipinski definition) is 1. The number of fused-ring (bicyclic) bond motifs is 3. The molecule has 1 saturated carbocycles. The van der Waals surface area contributed by atoms with E-state index in [0.717, 1.165) is 41.8 Å². The second-order valence-electron chi connectivity index (χ2n) is 15.3. The van der Waals surface area contributed by atoms with Crippen molar-refractivity contribution in [2.45, 2.75) is 122 Å². The Balaban J connectivity index is 1.74. The van der Waals surface area contributed by atoms with Crippen LogP contribution in [0.15, 0.2) is 40.6 Å². The molecule has 1 aromatic carbocycles. The summed E-state index contributed by atoms with van der Waals surface area (Å²) < 4.78 is 75.4. The molecule has 4 nitrogen and oxygen atoms in total. The fraction of sp³-hybridized carbons (Fsp3) is 0.697. The smallest absolute Gasteiger partial charge is 0.410 e. The minimum absolute atomic E-state index is 0.0159. The summed E-state index contributed by atoms with van der Waals surface area (Å²) in [6, 6.07) is 3.28. The van der Waals surface area contributed by atoms with Gasteiger partial charge in [0.25, 0.3) is 0 Å². The number of dihydropyridines is 1. The lowest BCUT2D eigenvalue weighted by atomic mass is 9.65. The Hall–Kier alpha value is -1.68. The van der Waals surface area contributed by atoms with Crippen molar-refractivity contribution in [1.29, 1.82) is 0 Å². The van der Waals surface area contributed by atoms with Crippen molar-refractivity contribution in [3.05, 3.63) is 57.6 Å². The Morgan fingerprint density at radius 2 is 1.69 bits per heavy atom. The first-order chi connectivity index (χ1) is 19.3. The molecule has 5 rings (SSSR count). The highest BCUT2D eigenvalue weighted by atomic mass is 28.4. The minimum atomic E-state index is -4.76. The molecule has 9 heteroatoms. The summed E-state index contributed by atoms with van der Waals surface area (Å²) in [6.07, 6.45) is -2.54. The zero-order valence-corrected chi connectivity index (χ0v) is 27.5. The molecule has 1 aliphatic carbocycles. The van der Waals surface area contributed by atoms with Crippen LogP contribution in [-0.4, -0.2) is 39.3 Å². The van der Waals surface area contributed by atoms with Gasteiger partial charge in [-0.3, -0.25) is 0 Å². The van der Waals surface area contributed by atoms with Crippen LogP contribution in [0.25, 0.3) is 0 Å². The van der Waals surface area contributed by atoms with Crippen molar-refractivity contribution >= 4 is 8.32 Å². The molecule has 3 aliphatic heterocycles. The van der Waals surface area contributed by atoms with Gasteiger partial charge in [-0.2, -0.15) is 13.2 Å². The van der Waals surface area contributed by atoms with Crippen LogP contribution in [0.2, 0.25) is 18.1 Å². The second kappa shape index (κ2) is 10.5. The molecular weight excluding hydrogens is 562 g/mol. The van der Waals surface area contributed by atoms with Crippen molar-refractivity contribution in [1.82, 2.24) is 5.32 Å². The van der Waals surface area contributed by atoms with E-state index in [-0.39, 0.29) is 28.5 Å². The maximum atomic E-state index is 15.0. The van der Waals surface area contributed by atoms with Gasteiger partial charge in [-0.25, -0.2) is 4.39 Å².